The minimum absolute atomic E-state index is 0.0624. The van der Waals surface area contributed by atoms with E-state index in [-0.39, 0.29) is 24.8 Å². The standard InChI is InChI=1S/C26H25N3O3/c1-18-7-9-19(10-8-18)16-27-25(30)17-29-24-6-4-3-5-22(24)28-23(15-26(29)31)20-11-13-21(32-2)14-12-20/h3-14H,15-17H2,1-2H3,(H,27,30). The molecule has 162 valence electrons. The molecule has 0 unspecified atom stereocenters. The van der Waals surface area contributed by atoms with Crippen LogP contribution in [0.5, 0.6) is 5.75 Å². The zero-order valence-electron chi connectivity index (χ0n) is 18.2. The maximum atomic E-state index is 13.2. The smallest absolute Gasteiger partial charge is 0.240 e. The van der Waals surface area contributed by atoms with Crippen LogP contribution in [0, 0.1) is 6.92 Å². The Kier molecular flexibility index (Phi) is 6.31. The molecule has 1 aliphatic rings. The van der Waals surface area contributed by atoms with Gasteiger partial charge in [-0.1, -0.05) is 42.0 Å². The fourth-order valence-corrected chi connectivity index (χ4v) is 3.57. The molecule has 0 saturated heterocycles. The second kappa shape index (κ2) is 9.47. The number of ether oxygens (including phenoxy) is 1. The first-order valence-electron chi connectivity index (χ1n) is 10.5. The van der Waals surface area contributed by atoms with E-state index < -0.39 is 0 Å². The molecular weight excluding hydrogens is 402 g/mol. The van der Waals surface area contributed by atoms with Crippen LogP contribution in [0.2, 0.25) is 0 Å². The lowest BCUT2D eigenvalue weighted by Crippen LogP contribution is -2.41. The molecule has 0 fully saturated rings. The van der Waals surface area contributed by atoms with E-state index in [0.29, 0.717) is 23.6 Å². The van der Waals surface area contributed by atoms with Crippen molar-refractivity contribution >= 4 is 28.9 Å². The van der Waals surface area contributed by atoms with Gasteiger partial charge in [-0.25, -0.2) is 0 Å². The van der Waals surface area contributed by atoms with Crippen molar-refractivity contribution in [1.82, 2.24) is 5.32 Å². The molecule has 0 aliphatic carbocycles. The number of nitrogens with zero attached hydrogens (tertiary/aromatic N) is 2. The Morgan fingerprint density at radius 1 is 1.03 bits per heavy atom. The zero-order chi connectivity index (χ0) is 22.5. The van der Waals surface area contributed by atoms with Gasteiger partial charge in [0.2, 0.25) is 11.8 Å². The number of methoxy groups -OCH3 is 1. The minimum atomic E-state index is -0.221. The third kappa shape index (κ3) is 4.86. The molecule has 0 spiro atoms. The lowest BCUT2D eigenvalue weighted by Gasteiger charge is -2.22. The first-order valence-corrected chi connectivity index (χ1v) is 10.5. The molecule has 1 aliphatic heterocycles. The number of fused-ring (bicyclic) bond motifs is 1. The van der Waals surface area contributed by atoms with E-state index in [1.807, 2.05) is 79.7 Å². The number of nitrogens with one attached hydrogen (secondary N) is 1. The van der Waals surface area contributed by atoms with E-state index >= 15 is 0 Å². The van der Waals surface area contributed by atoms with Gasteiger partial charge in [-0.3, -0.25) is 14.6 Å². The second-order valence-electron chi connectivity index (χ2n) is 7.69. The molecule has 6 heteroatoms. The van der Waals surface area contributed by atoms with Crippen LogP contribution in [-0.4, -0.2) is 31.2 Å². The molecule has 3 aromatic rings. The largest absolute Gasteiger partial charge is 0.497 e. The van der Waals surface area contributed by atoms with Crippen LogP contribution in [0.1, 0.15) is 23.1 Å². The SMILES string of the molecule is COc1ccc(C2=Nc3ccccc3N(CC(=O)NCc3ccc(C)cc3)C(=O)C2)cc1. The van der Waals surface area contributed by atoms with Crippen LogP contribution in [0.25, 0.3) is 0 Å². The van der Waals surface area contributed by atoms with Gasteiger partial charge < -0.3 is 15.0 Å². The average Bonchev–Trinajstić information content (AvgIpc) is 2.95. The highest BCUT2D eigenvalue weighted by molar-refractivity contribution is 6.18. The molecule has 0 aromatic heterocycles. The van der Waals surface area contributed by atoms with Crippen molar-refractivity contribution in [2.24, 2.45) is 4.99 Å². The van der Waals surface area contributed by atoms with Gasteiger partial charge in [-0.15, -0.1) is 0 Å². The number of hydrogen-bond acceptors (Lipinski definition) is 4. The van der Waals surface area contributed by atoms with Gasteiger partial charge in [0.1, 0.15) is 12.3 Å². The third-order valence-electron chi connectivity index (χ3n) is 5.38. The van der Waals surface area contributed by atoms with E-state index in [9.17, 15) is 9.59 Å². The normalized spacial score (nSPS) is 13.1. The molecule has 0 bridgehead atoms. The molecule has 0 atom stereocenters. The number of anilines is 1. The maximum Gasteiger partial charge on any atom is 0.240 e. The maximum absolute atomic E-state index is 13.2. The third-order valence-corrected chi connectivity index (χ3v) is 5.38. The summed E-state index contributed by atoms with van der Waals surface area (Å²) in [7, 11) is 1.61. The summed E-state index contributed by atoms with van der Waals surface area (Å²) < 4.78 is 5.22. The van der Waals surface area contributed by atoms with Crippen LogP contribution >= 0.6 is 0 Å². The molecule has 32 heavy (non-hydrogen) atoms. The van der Waals surface area contributed by atoms with Crippen molar-refractivity contribution in [2.45, 2.75) is 19.9 Å². The number of aryl methyl sites for hydroxylation is 1. The van der Waals surface area contributed by atoms with Crippen LogP contribution in [0.4, 0.5) is 11.4 Å². The van der Waals surface area contributed by atoms with E-state index in [0.717, 1.165) is 16.9 Å². The van der Waals surface area contributed by atoms with Crippen LogP contribution in [0.15, 0.2) is 77.8 Å². The summed E-state index contributed by atoms with van der Waals surface area (Å²) in [5.41, 5.74) is 4.98. The number of benzene rings is 3. The van der Waals surface area contributed by atoms with Crippen molar-refractivity contribution in [2.75, 3.05) is 18.6 Å². The summed E-state index contributed by atoms with van der Waals surface area (Å²) in [6, 6.07) is 22.8. The lowest BCUT2D eigenvalue weighted by molar-refractivity contribution is -0.123. The van der Waals surface area contributed by atoms with E-state index in [4.69, 9.17) is 9.73 Å². The molecule has 4 rings (SSSR count). The topological polar surface area (TPSA) is 71.0 Å². The number of carbonyl (C=O) groups is 2. The van der Waals surface area contributed by atoms with Crippen molar-refractivity contribution in [3.05, 3.63) is 89.5 Å². The highest BCUT2D eigenvalue weighted by Crippen LogP contribution is 2.33. The summed E-state index contributed by atoms with van der Waals surface area (Å²) in [4.78, 5) is 32.1. The molecule has 1 heterocycles. The minimum Gasteiger partial charge on any atom is -0.497 e. The Labute approximate surface area is 187 Å². The molecular formula is C26H25N3O3. The summed E-state index contributed by atoms with van der Waals surface area (Å²) in [6.45, 7) is 2.37. The number of amides is 2. The Balaban J connectivity index is 1.52. The van der Waals surface area contributed by atoms with Crippen molar-refractivity contribution in [3.63, 3.8) is 0 Å². The van der Waals surface area contributed by atoms with Gasteiger partial charge >= 0.3 is 0 Å². The lowest BCUT2D eigenvalue weighted by atomic mass is 10.1. The summed E-state index contributed by atoms with van der Waals surface area (Å²) in [5.74, 6) is 0.346. The van der Waals surface area contributed by atoms with Gasteiger partial charge in [0.25, 0.3) is 0 Å². The number of para-hydroxylation sites is 2. The number of hydrogen-bond donors (Lipinski definition) is 1. The van der Waals surface area contributed by atoms with Crippen LogP contribution in [0.3, 0.4) is 0 Å². The van der Waals surface area contributed by atoms with Crippen molar-refractivity contribution in [1.29, 1.82) is 0 Å². The van der Waals surface area contributed by atoms with Crippen molar-refractivity contribution in [3.8, 4) is 5.75 Å². The summed E-state index contributed by atoms with van der Waals surface area (Å²) in [6.07, 6.45) is 0.103. The predicted molar refractivity (Wildman–Crippen MR) is 126 cm³/mol. The van der Waals surface area contributed by atoms with E-state index in [1.165, 1.54) is 10.5 Å². The highest BCUT2D eigenvalue weighted by atomic mass is 16.5. The highest BCUT2D eigenvalue weighted by Gasteiger charge is 2.26. The van der Waals surface area contributed by atoms with E-state index in [1.54, 1.807) is 7.11 Å². The number of carbonyl (C=O) groups excluding carboxylic acids is 2. The van der Waals surface area contributed by atoms with Gasteiger partial charge in [0.05, 0.1) is 30.6 Å². The van der Waals surface area contributed by atoms with E-state index in [2.05, 4.69) is 5.32 Å². The first-order chi connectivity index (χ1) is 15.5. The Bertz CT molecular complexity index is 1150. The molecule has 6 nitrogen and oxygen atoms in total. The first kappa shape index (κ1) is 21.3. The average molecular weight is 428 g/mol. The predicted octanol–water partition coefficient (Wildman–Crippen LogP) is 4.18. The van der Waals surface area contributed by atoms with Crippen molar-refractivity contribution < 1.29 is 14.3 Å². The van der Waals surface area contributed by atoms with Gasteiger partial charge in [0, 0.05) is 6.54 Å². The quantitative estimate of drug-likeness (QED) is 0.642. The fourth-order valence-electron chi connectivity index (χ4n) is 3.57. The van der Waals surface area contributed by atoms with Gasteiger partial charge in [-0.05, 0) is 54.4 Å². The molecule has 0 radical (unpaired) electrons. The monoisotopic (exact) mass is 427 g/mol. The number of rotatable bonds is 6. The van der Waals surface area contributed by atoms with Gasteiger partial charge in [-0.2, -0.15) is 0 Å². The zero-order valence-corrected chi connectivity index (χ0v) is 18.2. The van der Waals surface area contributed by atoms with Gasteiger partial charge in [0.15, 0.2) is 0 Å². The van der Waals surface area contributed by atoms with Crippen LogP contribution < -0.4 is 15.0 Å². The Morgan fingerprint density at radius 3 is 2.47 bits per heavy atom. The molecule has 3 aromatic carbocycles. The summed E-state index contributed by atoms with van der Waals surface area (Å²) >= 11 is 0. The summed E-state index contributed by atoms with van der Waals surface area (Å²) in [5, 5.41) is 2.91. The Hall–Kier alpha value is -3.93. The fraction of sp³-hybridized carbons (Fsp3) is 0.192. The second-order valence-corrected chi connectivity index (χ2v) is 7.69. The Morgan fingerprint density at radius 2 is 1.75 bits per heavy atom. The number of aliphatic imine (C=N–C) groups is 1. The molecule has 2 amide bonds. The molecule has 1 N–H and O–H groups in total. The van der Waals surface area contributed by atoms with Crippen LogP contribution in [-0.2, 0) is 16.1 Å². The molecule has 0 saturated carbocycles.